The normalized spacial score (nSPS) is 13.1. The highest BCUT2D eigenvalue weighted by Crippen LogP contribution is 2.52. The van der Waals surface area contributed by atoms with Crippen molar-refractivity contribution in [2.75, 3.05) is 73.0 Å². The number of hydrogen-bond donors (Lipinski definition) is 2. The number of likely N-dealkylation sites (N-methyl/N-ethyl adjacent to an activating group) is 2. The Morgan fingerprint density at radius 3 is 2.21 bits per heavy atom. The summed E-state index contributed by atoms with van der Waals surface area (Å²) in [4.78, 5) is 28.4. The first-order chi connectivity index (χ1) is 32.7. The van der Waals surface area contributed by atoms with Crippen LogP contribution in [0.1, 0.15) is 22.4 Å². The van der Waals surface area contributed by atoms with Crippen LogP contribution in [0.25, 0.3) is 43.2 Å². The Bertz CT molecular complexity index is 2780. The Morgan fingerprint density at radius 1 is 0.824 bits per heavy atom. The van der Waals surface area contributed by atoms with Gasteiger partial charge in [-0.1, -0.05) is 35.3 Å². The summed E-state index contributed by atoms with van der Waals surface area (Å²) in [6, 6.07) is 15.6. The molecule has 13 nitrogen and oxygen atoms in total. The smallest absolute Gasteiger partial charge is 0.255 e. The number of ether oxygens (including phenoxy) is 4. The molecule has 4 aromatic heterocycles. The van der Waals surface area contributed by atoms with Gasteiger partial charge in [0.2, 0.25) is 5.88 Å². The molecule has 0 saturated heterocycles. The third-order valence-corrected chi connectivity index (χ3v) is 12.9. The standard InChI is InChI=1S/C43H36Cl2F3N7O4S.C6H16N2/c1-22-33-23(2)37(45)38(36(22)44)57-16-15-56-29-8-9-31(59-20-28-11-13-50-41(55-28)26-5-10-32(51-18-26)52-19-30(49)40(47)48)25(17-29)12-14-58-42-35-34(33)39(60-43(35)54-21-53-42)24-3-6-27(46)7-4-24;1-7(2)5-6-8(3)4/h3-11,13,17-18,21,30,40H,12,14-16,19-20,49H2,1-2H3,(H,51,52);5-6H2,1-4H3. The number of fused-ring (bicyclic) bond motifs is 7. The van der Waals surface area contributed by atoms with E-state index in [1.807, 2.05) is 26.0 Å². The fourth-order valence-corrected chi connectivity index (χ4v) is 8.83. The summed E-state index contributed by atoms with van der Waals surface area (Å²) in [6.45, 7) is 6.66. The van der Waals surface area contributed by atoms with Gasteiger partial charge >= 0.3 is 0 Å². The van der Waals surface area contributed by atoms with Crippen molar-refractivity contribution in [3.05, 3.63) is 118 Å². The molecule has 1 unspecified atom stereocenters. The number of hydrogen-bond acceptors (Lipinski definition) is 14. The number of anilines is 1. The summed E-state index contributed by atoms with van der Waals surface area (Å²) in [7, 11) is 8.35. The van der Waals surface area contributed by atoms with Gasteiger partial charge in [0, 0.05) is 60.0 Å². The highest BCUT2D eigenvalue weighted by molar-refractivity contribution is 7.22. The lowest BCUT2D eigenvalue weighted by Gasteiger charge is -2.20. The van der Waals surface area contributed by atoms with Crippen molar-refractivity contribution >= 4 is 50.6 Å². The highest BCUT2D eigenvalue weighted by atomic mass is 35.5. The zero-order valence-corrected chi connectivity index (χ0v) is 40.8. The fraction of sp³-hybridized carbons (Fsp3) is 0.327. The average Bonchev–Trinajstić information content (AvgIpc) is 3.71. The number of nitrogens with one attached hydrogen (secondary N) is 1. The van der Waals surface area contributed by atoms with E-state index in [0.717, 1.165) is 51.3 Å². The quantitative estimate of drug-likeness (QED) is 0.120. The fourth-order valence-electron chi connectivity index (χ4n) is 7.15. The van der Waals surface area contributed by atoms with Crippen LogP contribution in [0.5, 0.6) is 23.1 Å². The predicted molar refractivity (Wildman–Crippen MR) is 264 cm³/mol. The number of aromatic nitrogens is 5. The highest BCUT2D eigenvalue weighted by Gasteiger charge is 2.28. The number of benzene rings is 3. The summed E-state index contributed by atoms with van der Waals surface area (Å²) in [5, 5.41) is 4.18. The second-order valence-corrected chi connectivity index (χ2v) is 18.2. The molecule has 0 aliphatic carbocycles. The third kappa shape index (κ3) is 12.2. The molecular weight excluding hydrogens is 939 g/mol. The maximum atomic E-state index is 14.1. The van der Waals surface area contributed by atoms with Crippen molar-refractivity contribution in [2.45, 2.75) is 39.3 Å². The minimum atomic E-state index is -2.64. The van der Waals surface area contributed by atoms with Crippen molar-refractivity contribution in [3.63, 3.8) is 0 Å². The molecule has 0 fully saturated rings. The van der Waals surface area contributed by atoms with Crippen LogP contribution in [0.2, 0.25) is 10.0 Å². The minimum Gasteiger partial charge on any atom is -0.490 e. The third-order valence-electron chi connectivity index (χ3n) is 10.8. The van der Waals surface area contributed by atoms with Crippen LogP contribution >= 0.6 is 34.5 Å². The van der Waals surface area contributed by atoms with Gasteiger partial charge in [0.15, 0.2) is 11.6 Å². The molecular formula is C49H52Cl2F3N9O4S. The van der Waals surface area contributed by atoms with Gasteiger partial charge in [-0.2, -0.15) is 0 Å². The molecule has 68 heavy (non-hydrogen) atoms. The maximum Gasteiger partial charge on any atom is 0.255 e. The number of alkyl halides is 2. The van der Waals surface area contributed by atoms with Crippen LogP contribution in [-0.2, 0) is 13.0 Å². The van der Waals surface area contributed by atoms with Crippen molar-refractivity contribution < 1.29 is 32.1 Å². The van der Waals surface area contributed by atoms with E-state index >= 15 is 0 Å². The number of pyridine rings is 1. The lowest BCUT2D eigenvalue weighted by Crippen LogP contribution is -2.36. The first-order valence-electron chi connectivity index (χ1n) is 21.7. The Balaban J connectivity index is 0.000000785. The number of rotatable bonds is 12. The van der Waals surface area contributed by atoms with Gasteiger partial charge in [-0.3, -0.25) is 0 Å². The largest absolute Gasteiger partial charge is 0.490 e. The Kier molecular flexibility index (Phi) is 16.9. The zero-order valence-electron chi connectivity index (χ0n) is 38.5. The summed E-state index contributed by atoms with van der Waals surface area (Å²) in [5.74, 6) is 2.34. The van der Waals surface area contributed by atoms with E-state index in [1.54, 1.807) is 48.8 Å². The van der Waals surface area contributed by atoms with Crippen molar-refractivity contribution in [2.24, 2.45) is 5.73 Å². The van der Waals surface area contributed by atoms with Crippen LogP contribution in [0.4, 0.5) is 19.0 Å². The van der Waals surface area contributed by atoms with Crippen LogP contribution in [-0.4, -0.2) is 115 Å². The van der Waals surface area contributed by atoms with E-state index in [0.29, 0.717) is 72.7 Å². The molecule has 0 amide bonds. The Labute approximate surface area is 407 Å². The number of nitrogens with zero attached hydrogens (tertiary/aromatic N) is 7. The molecule has 1 atom stereocenters. The Morgan fingerprint density at radius 2 is 1.53 bits per heavy atom. The molecule has 7 aromatic rings. The number of halogens is 5. The monoisotopic (exact) mass is 989 g/mol. The molecule has 0 saturated carbocycles. The molecule has 2 aliphatic rings. The van der Waals surface area contributed by atoms with Crippen molar-refractivity contribution in [1.29, 1.82) is 0 Å². The minimum absolute atomic E-state index is 0.115. The van der Waals surface area contributed by atoms with Crippen LogP contribution in [0.3, 0.4) is 0 Å². The van der Waals surface area contributed by atoms with Gasteiger partial charge < -0.3 is 39.8 Å². The second-order valence-electron chi connectivity index (χ2n) is 16.4. The van der Waals surface area contributed by atoms with Crippen LogP contribution in [0.15, 0.2) is 79.4 Å². The van der Waals surface area contributed by atoms with Crippen molar-refractivity contribution in [3.8, 4) is 56.1 Å². The topological polar surface area (TPSA) is 146 Å². The number of nitrogens with two attached hydrogens (primary N) is 1. The van der Waals surface area contributed by atoms with E-state index in [-0.39, 0.29) is 38.8 Å². The van der Waals surface area contributed by atoms with E-state index < -0.39 is 12.5 Å². The summed E-state index contributed by atoms with van der Waals surface area (Å²) in [6.07, 6.45) is 2.40. The van der Waals surface area contributed by atoms with Gasteiger partial charge in [0.05, 0.1) is 33.8 Å². The van der Waals surface area contributed by atoms with Crippen LogP contribution < -0.4 is 30.0 Å². The Hall–Kier alpha value is -5.82. The zero-order chi connectivity index (χ0) is 48.5. The number of thiophene rings is 1. The lowest BCUT2D eigenvalue weighted by molar-refractivity contribution is 0.121. The molecule has 3 aromatic carbocycles. The first-order valence-corrected chi connectivity index (χ1v) is 23.3. The average molecular weight is 991 g/mol. The molecule has 9 rings (SSSR count). The lowest BCUT2D eigenvalue weighted by atomic mass is 9.92. The van der Waals surface area contributed by atoms with Gasteiger partial charge in [0.1, 0.15) is 54.1 Å². The van der Waals surface area contributed by atoms with E-state index in [1.165, 1.54) is 29.8 Å². The molecule has 2 aliphatic heterocycles. The summed E-state index contributed by atoms with van der Waals surface area (Å²) >= 11 is 15.5. The molecule has 6 heterocycles. The van der Waals surface area contributed by atoms with Gasteiger partial charge in [0.25, 0.3) is 6.43 Å². The van der Waals surface area contributed by atoms with Crippen molar-refractivity contribution in [1.82, 2.24) is 34.7 Å². The first kappa shape index (κ1) is 50.1. The van der Waals surface area contributed by atoms with Gasteiger partial charge in [-0.15, -0.1) is 11.3 Å². The summed E-state index contributed by atoms with van der Waals surface area (Å²) in [5.41, 5.74) is 11.3. The molecule has 0 radical (unpaired) electrons. The maximum absolute atomic E-state index is 14.1. The molecule has 3 N–H and O–H groups in total. The second kappa shape index (κ2) is 23.0. The molecule has 4 bridgehead atoms. The SMILES string of the molecule is CN(C)CCN(C)C.Cc1c(Cl)c2c(Cl)c(C)c1-c1c(-c3ccc(F)cc3)sc3ncnc(c13)OCCc1cc(ccc1OCc1ccnc(-c3ccc(NCC(N)C(F)F)nc3)n1)OCCO2. The predicted octanol–water partition coefficient (Wildman–Crippen LogP) is 10.0. The van der Waals surface area contributed by atoms with E-state index in [9.17, 15) is 13.2 Å². The molecule has 19 heteroatoms. The van der Waals surface area contributed by atoms with Crippen LogP contribution in [0, 0.1) is 19.7 Å². The van der Waals surface area contributed by atoms with E-state index in [4.69, 9.17) is 47.9 Å². The van der Waals surface area contributed by atoms with Gasteiger partial charge in [-0.05, 0) is 113 Å². The van der Waals surface area contributed by atoms with Gasteiger partial charge in [-0.25, -0.2) is 38.1 Å². The molecule has 0 spiro atoms. The summed E-state index contributed by atoms with van der Waals surface area (Å²) < 4.78 is 64.8. The van der Waals surface area contributed by atoms with E-state index in [2.05, 4.69) is 68.2 Å². The molecule has 358 valence electrons.